The van der Waals surface area contributed by atoms with Gasteiger partial charge in [-0.1, -0.05) is 19.9 Å². The average molecular weight is 357 g/mol. The van der Waals surface area contributed by atoms with Crippen LogP contribution in [0.3, 0.4) is 0 Å². The minimum atomic E-state index is -0.386. The summed E-state index contributed by atoms with van der Waals surface area (Å²) in [7, 11) is 0. The molecule has 1 aromatic carbocycles. The highest BCUT2D eigenvalue weighted by molar-refractivity contribution is 5.93. The van der Waals surface area contributed by atoms with Crippen molar-refractivity contribution < 1.29 is 9.50 Å². The molecule has 0 aliphatic heterocycles. The fourth-order valence-electron chi connectivity index (χ4n) is 2.60. The van der Waals surface area contributed by atoms with E-state index >= 15 is 0 Å². The Morgan fingerprint density at radius 2 is 1.96 bits per heavy atom. The van der Waals surface area contributed by atoms with Crippen molar-refractivity contribution in [1.29, 1.82) is 0 Å². The molecule has 5 nitrogen and oxygen atoms in total. The molecule has 0 unspecified atom stereocenters. The van der Waals surface area contributed by atoms with Crippen LogP contribution in [0.4, 0.5) is 15.8 Å². The molecule has 0 radical (unpaired) electrons. The number of rotatable bonds is 5. The van der Waals surface area contributed by atoms with Gasteiger partial charge in [0.1, 0.15) is 5.82 Å². The second kappa shape index (κ2) is 9.10. The number of fused-ring (bicyclic) bond motifs is 1. The van der Waals surface area contributed by atoms with E-state index in [9.17, 15) is 9.18 Å². The van der Waals surface area contributed by atoms with E-state index in [0.29, 0.717) is 35.1 Å². The Morgan fingerprint density at radius 1 is 1.19 bits per heavy atom. The number of nitrogens with one attached hydrogen (secondary N) is 1. The van der Waals surface area contributed by atoms with E-state index in [-0.39, 0.29) is 18.0 Å². The van der Waals surface area contributed by atoms with Crippen molar-refractivity contribution in [2.75, 3.05) is 11.9 Å². The smallest absolute Gasteiger partial charge is 0.260 e. The molecule has 3 rings (SSSR count). The van der Waals surface area contributed by atoms with E-state index in [1.807, 2.05) is 20.8 Å². The molecular weight excluding hydrogens is 333 g/mol. The Bertz CT molecular complexity index is 938. The Morgan fingerprint density at radius 3 is 2.65 bits per heavy atom. The number of aryl methyl sites for hydroxylation is 2. The third-order valence-electron chi connectivity index (χ3n) is 3.84. The van der Waals surface area contributed by atoms with Crippen LogP contribution >= 0.6 is 0 Å². The van der Waals surface area contributed by atoms with E-state index in [4.69, 9.17) is 5.11 Å². The number of aliphatic hydroxyl groups is 1. The van der Waals surface area contributed by atoms with Crippen molar-refractivity contribution in [3.8, 4) is 0 Å². The fraction of sp³-hybridized carbons (Fsp3) is 0.300. The second-order valence-corrected chi connectivity index (χ2v) is 5.65. The van der Waals surface area contributed by atoms with Gasteiger partial charge >= 0.3 is 0 Å². The first kappa shape index (κ1) is 19.6. The van der Waals surface area contributed by atoms with Crippen molar-refractivity contribution in [2.45, 2.75) is 33.7 Å². The molecule has 0 bridgehead atoms. The predicted octanol–water partition coefficient (Wildman–Crippen LogP) is 4.00. The Hall–Kier alpha value is -2.73. The minimum Gasteiger partial charge on any atom is -0.396 e. The van der Waals surface area contributed by atoms with Crippen molar-refractivity contribution >= 4 is 22.1 Å². The lowest BCUT2D eigenvalue weighted by Crippen LogP contribution is -2.21. The molecule has 26 heavy (non-hydrogen) atoms. The summed E-state index contributed by atoms with van der Waals surface area (Å²) >= 11 is 0. The summed E-state index contributed by atoms with van der Waals surface area (Å²) in [5, 5.41) is 13.0. The van der Waals surface area contributed by atoms with E-state index in [2.05, 4.69) is 10.3 Å². The first-order valence-corrected chi connectivity index (χ1v) is 8.71. The van der Waals surface area contributed by atoms with E-state index in [0.717, 1.165) is 5.56 Å². The fourth-order valence-corrected chi connectivity index (χ4v) is 2.60. The van der Waals surface area contributed by atoms with Gasteiger partial charge < -0.3 is 15.0 Å². The maximum absolute atomic E-state index is 14.1. The van der Waals surface area contributed by atoms with Gasteiger partial charge in [0.05, 0.1) is 23.0 Å². The van der Waals surface area contributed by atoms with Crippen LogP contribution < -0.4 is 10.9 Å². The quantitative estimate of drug-likeness (QED) is 0.724. The number of anilines is 2. The SMILES string of the molecule is CC.Cc1ccc(Nc2cncc3ccn(CCCO)c(=O)c23)c(F)c1. The number of pyridine rings is 2. The first-order valence-electron chi connectivity index (χ1n) is 8.71. The van der Waals surface area contributed by atoms with Crippen LogP contribution in [0, 0.1) is 12.7 Å². The Labute approximate surface area is 152 Å². The first-order chi connectivity index (χ1) is 12.6. The lowest BCUT2D eigenvalue weighted by atomic mass is 10.1. The maximum atomic E-state index is 14.1. The van der Waals surface area contributed by atoms with Crippen molar-refractivity contribution in [1.82, 2.24) is 9.55 Å². The predicted molar refractivity (Wildman–Crippen MR) is 103 cm³/mol. The van der Waals surface area contributed by atoms with Crippen LogP contribution in [0.1, 0.15) is 25.8 Å². The second-order valence-electron chi connectivity index (χ2n) is 5.65. The van der Waals surface area contributed by atoms with Crippen LogP contribution in [0.25, 0.3) is 10.8 Å². The summed E-state index contributed by atoms with van der Waals surface area (Å²) in [5.41, 5.74) is 1.37. The molecule has 0 aliphatic rings. The van der Waals surface area contributed by atoms with Gasteiger partial charge in [0, 0.05) is 30.9 Å². The van der Waals surface area contributed by atoms with Crippen molar-refractivity contribution in [3.05, 3.63) is 64.6 Å². The number of benzene rings is 1. The molecule has 2 heterocycles. The van der Waals surface area contributed by atoms with Crippen LogP contribution in [0.5, 0.6) is 0 Å². The van der Waals surface area contributed by atoms with Gasteiger partial charge in [-0.2, -0.15) is 0 Å². The van der Waals surface area contributed by atoms with Gasteiger partial charge in [-0.25, -0.2) is 4.39 Å². The molecule has 0 aliphatic carbocycles. The highest BCUT2D eigenvalue weighted by atomic mass is 19.1. The summed E-state index contributed by atoms with van der Waals surface area (Å²) in [6.07, 6.45) is 5.29. The van der Waals surface area contributed by atoms with E-state index in [1.165, 1.54) is 16.8 Å². The Balaban J connectivity index is 0.00000117. The minimum absolute atomic E-state index is 0.0144. The zero-order valence-corrected chi connectivity index (χ0v) is 15.3. The molecular formula is C20H24FN3O2. The molecule has 3 aromatic rings. The van der Waals surface area contributed by atoms with Crippen LogP contribution in [-0.4, -0.2) is 21.3 Å². The third-order valence-corrected chi connectivity index (χ3v) is 3.84. The standard InChI is InChI=1S/C18H18FN3O2.C2H6/c1-12-3-4-15(14(19)9-12)21-16-11-20-10-13-5-7-22(6-2-8-23)18(24)17(13)16;1-2/h3-5,7,9-11,21,23H,2,6,8H2,1H3;1-2H3. The third kappa shape index (κ3) is 4.26. The normalized spacial score (nSPS) is 10.3. The monoisotopic (exact) mass is 357 g/mol. The molecule has 0 spiro atoms. The number of aliphatic hydroxyl groups excluding tert-OH is 1. The highest BCUT2D eigenvalue weighted by Gasteiger charge is 2.10. The molecule has 6 heteroatoms. The number of nitrogens with zero attached hydrogens (tertiary/aromatic N) is 2. The summed E-state index contributed by atoms with van der Waals surface area (Å²) in [6.45, 7) is 6.25. The van der Waals surface area contributed by atoms with Gasteiger partial charge in [0.2, 0.25) is 0 Å². The van der Waals surface area contributed by atoms with Crippen LogP contribution in [0.15, 0.2) is 47.7 Å². The summed E-state index contributed by atoms with van der Waals surface area (Å²) in [6, 6.07) is 6.65. The highest BCUT2D eigenvalue weighted by Crippen LogP contribution is 2.25. The van der Waals surface area contributed by atoms with E-state index < -0.39 is 0 Å². The number of halogens is 1. The Kier molecular flexibility index (Phi) is 6.86. The largest absolute Gasteiger partial charge is 0.396 e. The van der Waals surface area contributed by atoms with Gasteiger partial charge in [0.25, 0.3) is 5.56 Å². The zero-order valence-electron chi connectivity index (χ0n) is 15.3. The number of hydrogen-bond acceptors (Lipinski definition) is 4. The van der Waals surface area contributed by atoms with Gasteiger partial charge in [-0.3, -0.25) is 9.78 Å². The van der Waals surface area contributed by atoms with E-state index in [1.54, 1.807) is 30.6 Å². The van der Waals surface area contributed by atoms with Crippen LogP contribution in [-0.2, 0) is 6.54 Å². The lowest BCUT2D eigenvalue weighted by molar-refractivity contribution is 0.279. The lowest BCUT2D eigenvalue weighted by Gasteiger charge is -2.12. The van der Waals surface area contributed by atoms with Crippen molar-refractivity contribution in [2.24, 2.45) is 0 Å². The van der Waals surface area contributed by atoms with Gasteiger partial charge in [-0.05, 0) is 37.1 Å². The maximum Gasteiger partial charge on any atom is 0.260 e. The van der Waals surface area contributed by atoms with Crippen LogP contribution in [0.2, 0.25) is 0 Å². The van der Waals surface area contributed by atoms with Crippen molar-refractivity contribution in [3.63, 3.8) is 0 Å². The molecule has 0 fully saturated rings. The zero-order chi connectivity index (χ0) is 19.1. The summed E-state index contributed by atoms with van der Waals surface area (Å²) in [5.74, 6) is -0.386. The summed E-state index contributed by atoms with van der Waals surface area (Å²) < 4.78 is 15.6. The molecule has 2 N–H and O–H groups in total. The molecule has 2 aromatic heterocycles. The molecule has 138 valence electrons. The van der Waals surface area contributed by atoms with Gasteiger partial charge in [-0.15, -0.1) is 0 Å². The molecule has 0 saturated carbocycles. The average Bonchev–Trinajstić information content (AvgIpc) is 2.65. The van der Waals surface area contributed by atoms with Gasteiger partial charge in [0.15, 0.2) is 0 Å². The summed E-state index contributed by atoms with van der Waals surface area (Å²) in [4.78, 5) is 16.8. The topological polar surface area (TPSA) is 67.2 Å². The number of hydrogen-bond donors (Lipinski definition) is 2. The number of aromatic nitrogens is 2. The molecule has 0 saturated heterocycles. The molecule has 0 amide bonds. The molecule has 0 atom stereocenters.